The van der Waals surface area contributed by atoms with E-state index in [1.165, 1.54) is 19.2 Å². The van der Waals surface area contributed by atoms with Crippen LogP contribution in [-0.4, -0.2) is 21.8 Å². The minimum Gasteiger partial charge on any atom is -0.303 e. The van der Waals surface area contributed by atoms with Crippen molar-refractivity contribution in [3.63, 3.8) is 0 Å². The molecule has 0 fully saturated rings. The maximum absolute atomic E-state index is 11.3. The van der Waals surface area contributed by atoms with Gasteiger partial charge in [0, 0.05) is 6.42 Å². The van der Waals surface area contributed by atoms with E-state index in [4.69, 9.17) is 0 Å². The fraction of sp³-hybridized carbons (Fsp3) is 0.222. The highest BCUT2D eigenvalue weighted by Gasteiger charge is 2.09. The standard InChI is InChI=1S/C9H11NO3S/c1-10-14(12,13)9-4-2-8(3-5-9)6-7-11/h2-5,7,10H,6H2,1H3. The molecule has 0 unspecified atom stereocenters. The van der Waals surface area contributed by atoms with Crippen molar-refractivity contribution in [1.29, 1.82) is 0 Å². The van der Waals surface area contributed by atoms with Gasteiger partial charge in [0.25, 0.3) is 0 Å². The third-order valence-electron chi connectivity index (χ3n) is 1.82. The Morgan fingerprint density at radius 3 is 2.29 bits per heavy atom. The number of hydrogen-bond acceptors (Lipinski definition) is 3. The molecule has 0 bridgehead atoms. The van der Waals surface area contributed by atoms with E-state index in [0.717, 1.165) is 11.8 Å². The zero-order valence-corrected chi connectivity index (χ0v) is 8.54. The Labute approximate surface area is 83.0 Å². The average Bonchev–Trinajstić information content (AvgIpc) is 2.19. The van der Waals surface area contributed by atoms with E-state index in [-0.39, 0.29) is 4.90 Å². The van der Waals surface area contributed by atoms with E-state index < -0.39 is 10.0 Å². The highest BCUT2D eigenvalue weighted by atomic mass is 32.2. The molecule has 0 aliphatic rings. The van der Waals surface area contributed by atoms with E-state index in [9.17, 15) is 13.2 Å². The minimum absolute atomic E-state index is 0.203. The molecule has 14 heavy (non-hydrogen) atoms. The smallest absolute Gasteiger partial charge is 0.240 e. The van der Waals surface area contributed by atoms with Gasteiger partial charge in [-0.25, -0.2) is 13.1 Å². The number of nitrogens with one attached hydrogen (secondary N) is 1. The normalized spacial score (nSPS) is 11.2. The van der Waals surface area contributed by atoms with Gasteiger partial charge in [0.1, 0.15) is 6.29 Å². The summed E-state index contributed by atoms with van der Waals surface area (Å²) in [6, 6.07) is 6.20. The van der Waals surface area contributed by atoms with Gasteiger partial charge in [0.15, 0.2) is 0 Å². The van der Waals surface area contributed by atoms with Crippen molar-refractivity contribution < 1.29 is 13.2 Å². The van der Waals surface area contributed by atoms with Crippen molar-refractivity contribution in [2.24, 2.45) is 0 Å². The van der Waals surface area contributed by atoms with Crippen LogP contribution < -0.4 is 4.72 Å². The summed E-state index contributed by atoms with van der Waals surface area (Å²) in [6.45, 7) is 0. The Bertz CT molecular complexity index is 408. The lowest BCUT2D eigenvalue weighted by Gasteiger charge is -2.02. The lowest BCUT2D eigenvalue weighted by molar-refractivity contribution is -0.107. The van der Waals surface area contributed by atoms with E-state index in [2.05, 4.69) is 4.72 Å². The maximum Gasteiger partial charge on any atom is 0.240 e. The number of carbonyl (C=O) groups is 1. The monoisotopic (exact) mass is 213 g/mol. The van der Waals surface area contributed by atoms with Crippen molar-refractivity contribution in [1.82, 2.24) is 4.72 Å². The van der Waals surface area contributed by atoms with Gasteiger partial charge < -0.3 is 4.79 Å². The van der Waals surface area contributed by atoms with Crippen molar-refractivity contribution >= 4 is 16.3 Å². The largest absolute Gasteiger partial charge is 0.303 e. The lowest BCUT2D eigenvalue weighted by atomic mass is 10.2. The summed E-state index contributed by atoms with van der Waals surface area (Å²) in [5.41, 5.74) is 0.801. The van der Waals surface area contributed by atoms with Crippen LogP contribution >= 0.6 is 0 Å². The molecule has 0 heterocycles. The van der Waals surface area contributed by atoms with Crippen molar-refractivity contribution in [3.05, 3.63) is 29.8 Å². The van der Waals surface area contributed by atoms with Crippen LogP contribution in [0.2, 0.25) is 0 Å². The van der Waals surface area contributed by atoms with Crippen LogP contribution in [0, 0.1) is 0 Å². The van der Waals surface area contributed by atoms with Gasteiger partial charge in [-0.15, -0.1) is 0 Å². The Hall–Kier alpha value is -1.20. The predicted octanol–water partition coefficient (Wildman–Crippen LogP) is 0.336. The number of benzene rings is 1. The quantitative estimate of drug-likeness (QED) is 0.733. The Morgan fingerprint density at radius 1 is 1.29 bits per heavy atom. The molecule has 0 atom stereocenters. The van der Waals surface area contributed by atoms with Gasteiger partial charge in [-0.1, -0.05) is 12.1 Å². The van der Waals surface area contributed by atoms with Crippen LogP contribution in [0.15, 0.2) is 29.2 Å². The molecule has 0 aromatic heterocycles. The van der Waals surface area contributed by atoms with Crippen molar-refractivity contribution in [2.75, 3.05) is 7.05 Å². The summed E-state index contributed by atoms with van der Waals surface area (Å²) in [7, 11) is -2.01. The molecule has 0 saturated heterocycles. The van der Waals surface area contributed by atoms with Gasteiger partial charge in [0.2, 0.25) is 10.0 Å². The van der Waals surface area contributed by atoms with Gasteiger partial charge in [-0.05, 0) is 24.7 Å². The maximum atomic E-state index is 11.3. The number of rotatable bonds is 4. The molecule has 1 aromatic rings. The molecule has 4 nitrogen and oxygen atoms in total. The number of sulfonamides is 1. The zero-order valence-electron chi connectivity index (χ0n) is 7.73. The predicted molar refractivity (Wildman–Crippen MR) is 52.5 cm³/mol. The lowest BCUT2D eigenvalue weighted by Crippen LogP contribution is -2.18. The van der Waals surface area contributed by atoms with Crippen LogP contribution in [0.1, 0.15) is 5.56 Å². The Balaban J connectivity index is 3.00. The zero-order chi connectivity index (χ0) is 10.6. The molecule has 0 aliphatic heterocycles. The van der Waals surface area contributed by atoms with E-state index in [1.807, 2.05) is 0 Å². The van der Waals surface area contributed by atoms with Gasteiger partial charge in [-0.2, -0.15) is 0 Å². The highest BCUT2D eigenvalue weighted by molar-refractivity contribution is 7.89. The Kier molecular flexibility index (Phi) is 3.38. The third kappa shape index (κ3) is 2.40. The summed E-state index contributed by atoms with van der Waals surface area (Å²) in [5, 5.41) is 0. The van der Waals surface area contributed by atoms with Gasteiger partial charge in [-0.3, -0.25) is 0 Å². The summed E-state index contributed by atoms with van der Waals surface area (Å²) in [6.07, 6.45) is 1.08. The van der Waals surface area contributed by atoms with Gasteiger partial charge in [0.05, 0.1) is 4.90 Å². The van der Waals surface area contributed by atoms with Crippen molar-refractivity contribution in [2.45, 2.75) is 11.3 Å². The molecule has 1 aromatic carbocycles. The first-order chi connectivity index (χ1) is 6.60. The molecule has 1 rings (SSSR count). The van der Waals surface area contributed by atoms with Crippen LogP contribution in [-0.2, 0) is 21.2 Å². The Morgan fingerprint density at radius 2 is 1.86 bits per heavy atom. The molecular weight excluding hydrogens is 202 g/mol. The molecule has 0 aliphatic carbocycles. The molecule has 0 saturated carbocycles. The molecule has 1 N–H and O–H groups in total. The SMILES string of the molecule is CNS(=O)(=O)c1ccc(CC=O)cc1. The second kappa shape index (κ2) is 4.34. The fourth-order valence-corrected chi connectivity index (χ4v) is 1.75. The molecule has 0 amide bonds. The van der Waals surface area contributed by atoms with Gasteiger partial charge >= 0.3 is 0 Å². The number of aldehydes is 1. The van der Waals surface area contributed by atoms with Crippen LogP contribution in [0.4, 0.5) is 0 Å². The topological polar surface area (TPSA) is 63.2 Å². The number of hydrogen-bond donors (Lipinski definition) is 1. The second-order valence-corrected chi connectivity index (χ2v) is 4.61. The molecule has 0 spiro atoms. The van der Waals surface area contributed by atoms with E-state index in [0.29, 0.717) is 6.42 Å². The molecule has 76 valence electrons. The van der Waals surface area contributed by atoms with Crippen molar-refractivity contribution in [3.8, 4) is 0 Å². The first-order valence-corrected chi connectivity index (χ1v) is 5.54. The summed E-state index contributed by atoms with van der Waals surface area (Å²) < 4.78 is 24.8. The first-order valence-electron chi connectivity index (χ1n) is 4.06. The van der Waals surface area contributed by atoms with Crippen LogP contribution in [0.5, 0.6) is 0 Å². The van der Waals surface area contributed by atoms with Crippen LogP contribution in [0.25, 0.3) is 0 Å². The minimum atomic E-state index is -3.37. The molecule has 5 heteroatoms. The first kappa shape index (κ1) is 10.9. The summed E-state index contributed by atoms with van der Waals surface area (Å²) >= 11 is 0. The number of carbonyl (C=O) groups excluding carboxylic acids is 1. The summed E-state index contributed by atoms with van der Waals surface area (Å²) in [5.74, 6) is 0. The van der Waals surface area contributed by atoms with E-state index >= 15 is 0 Å². The fourth-order valence-electron chi connectivity index (χ4n) is 1.02. The second-order valence-electron chi connectivity index (χ2n) is 2.72. The molecule has 0 radical (unpaired) electrons. The average molecular weight is 213 g/mol. The van der Waals surface area contributed by atoms with E-state index in [1.54, 1.807) is 12.1 Å². The highest BCUT2D eigenvalue weighted by Crippen LogP contribution is 2.09. The summed E-state index contributed by atoms with van der Waals surface area (Å²) in [4.78, 5) is 10.4. The van der Waals surface area contributed by atoms with Crippen LogP contribution in [0.3, 0.4) is 0 Å². The third-order valence-corrected chi connectivity index (χ3v) is 3.25. The molecular formula is C9H11NO3S.